The summed E-state index contributed by atoms with van der Waals surface area (Å²) in [5, 5.41) is 3.80. The van der Waals surface area contributed by atoms with Crippen LogP contribution in [-0.2, 0) is 0 Å². The molecule has 1 N–H and O–H groups in total. The molecule has 1 heterocycles. The van der Waals surface area contributed by atoms with Gasteiger partial charge in [-0.2, -0.15) is 0 Å². The van der Waals surface area contributed by atoms with E-state index in [-0.39, 0.29) is 18.4 Å². The van der Waals surface area contributed by atoms with Crippen molar-refractivity contribution in [2.24, 2.45) is 0 Å². The van der Waals surface area contributed by atoms with Crippen molar-refractivity contribution in [2.75, 3.05) is 27.7 Å². The van der Waals surface area contributed by atoms with Crippen molar-refractivity contribution in [1.29, 1.82) is 0 Å². The molecule has 26 heavy (non-hydrogen) atoms. The molecule has 0 fully saturated rings. The van der Waals surface area contributed by atoms with E-state index in [1.807, 2.05) is 19.2 Å². The van der Waals surface area contributed by atoms with Gasteiger partial charge in [-0.05, 0) is 24.7 Å². The number of halogens is 2. The van der Waals surface area contributed by atoms with Gasteiger partial charge >= 0.3 is 6.09 Å². The Bertz CT molecular complexity index is 696. The number of nitrogens with zero attached hydrogens (tertiary/aromatic N) is 2. The Balaban J connectivity index is 0.00000338. The molecule has 142 valence electrons. The molecule has 0 aliphatic rings. The van der Waals surface area contributed by atoms with Gasteiger partial charge in [-0.15, -0.1) is 12.4 Å². The highest BCUT2D eigenvalue weighted by Crippen LogP contribution is 2.21. The fourth-order valence-electron chi connectivity index (χ4n) is 2.20. The van der Waals surface area contributed by atoms with Gasteiger partial charge in [-0.25, -0.2) is 4.79 Å². The number of rotatable bonds is 7. The van der Waals surface area contributed by atoms with Crippen molar-refractivity contribution in [3.8, 4) is 11.5 Å². The summed E-state index contributed by atoms with van der Waals surface area (Å²) in [4.78, 5) is 16.9. The van der Waals surface area contributed by atoms with Crippen LogP contribution in [0.25, 0.3) is 0 Å². The van der Waals surface area contributed by atoms with E-state index >= 15 is 0 Å². The molecule has 1 unspecified atom stereocenters. The van der Waals surface area contributed by atoms with E-state index in [0.717, 1.165) is 12.0 Å². The monoisotopic (exact) mass is 399 g/mol. The van der Waals surface area contributed by atoms with Crippen LogP contribution in [0.2, 0.25) is 5.02 Å². The van der Waals surface area contributed by atoms with Gasteiger partial charge in [0, 0.05) is 38.8 Å². The molecule has 0 radical (unpaired) electrons. The number of hydrogen-bond donors (Lipinski definition) is 1. The van der Waals surface area contributed by atoms with Crippen LogP contribution in [0, 0.1) is 0 Å². The van der Waals surface area contributed by atoms with E-state index < -0.39 is 6.09 Å². The molecule has 8 heteroatoms. The van der Waals surface area contributed by atoms with E-state index in [2.05, 4.69) is 10.3 Å². The summed E-state index contributed by atoms with van der Waals surface area (Å²) in [7, 11) is 5.18. The van der Waals surface area contributed by atoms with Crippen molar-refractivity contribution in [3.05, 3.63) is 53.3 Å². The van der Waals surface area contributed by atoms with Gasteiger partial charge in [0.15, 0.2) is 0 Å². The minimum Gasteiger partial charge on any atom is -0.492 e. The number of amides is 1. The normalized spacial score (nSPS) is 11.2. The van der Waals surface area contributed by atoms with Crippen molar-refractivity contribution >= 4 is 30.1 Å². The summed E-state index contributed by atoms with van der Waals surface area (Å²) in [5.41, 5.74) is 1.08. The number of benzene rings is 1. The Labute approximate surface area is 164 Å². The van der Waals surface area contributed by atoms with Gasteiger partial charge in [0.05, 0.1) is 17.8 Å². The Hall–Kier alpha value is -2.02. The largest absolute Gasteiger partial charge is 0.492 e. The molecule has 0 spiro atoms. The summed E-state index contributed by atoms with van der Waals surface area (Å²) in [6, 6.07) is 9.27. The lowest BCUT2D eigenvalue weighted by atomic mass is 10.0. The topological polar surface area (TPSA) is 63.7 Å². The summed E-state index contributed by atoms with van der Waals surface area (Å²) >= 11 is 5.89. The van der Waals surface area contributed by atoms with Gasteiger partial charge in [-0.1, -0.05) is 23.7 Å². The Morgan fingerprint density at radius 2 is 1.92 bits per heavy atom. The van der Waals surface area contributed by atoms with Crippen LogP contribution in [0.4, 0.5) is 4.79 Å². The lowest BCUT2D eigenvalue weighted by Crippen LogP contribution is -2.25. The molecule has 6 nitrogen and oxygen atoms in total. The first-order chi connectivity index (χ1) is 12.0. The molecule has 0 aliphatic heterocycles. The first-order valence-corrected chi connectivity index (χ1v) is 8.27. The number of aromatic nitrogens is 1. The Morgan fingerprint density at radius 3 is 2.50 bits per heavy atom. The van der Waals surface area contributed by atoms with Crippen LogP contribution in [-0.4, -0.2) is 43.7 Å². The second-order valence-corrected chi connectivity index (χ2v) is 6.09. The summed E-state index contributed by atoms with van der Waals surface area (Å²) < 4.78 is 10.9. The fraction of sp³-hybridized carbons (Fsp3) is 0.333. The van der Waals surface area contributed by atoms with Crippen LogP contribution in [0.15, 0.2) is 42.7 Å². The molecule has 2 aromatic rings. The third kappa shape index (κ3) is 6.71. The van der Waals surface area contributed by atoms with E-state index in [9.17, 15) is 4.79 Å². The molecule has 1 amide bonds. The van der Waals surface area contributed by atoms with Crippen molar-refractivity contribution in [2.45, 2.75) is 12.5 Å². The zero-order chi connectivity index (χ0) is 18.2. The molecule has 1 aromatic heterocycles. The molecule has 0 saturated heterocycles. The SMILES string of the molecule is CNC(CCOc1cncc(Cl)c1)c1ccc(OC(=O)N(C)C)cc1.Cl. The summed E-state index contributed by atoms with van der Waals surface area (Å²) in [6.07, 6.45) is 3.56. The number of carbonyl (C=O) groups excluding carboxylic acids is 1. The lowest BCUT2D eigenvalue weighted by molar-refractivity contribution is 0.172. The third-order valence-electron chi connectivity index (χ3n) is 3.56. The fourth-order valence-corrected chi connectivity index (χ4v) is 2.37. The van der Waals surface area contributed by atoms with Gasteiger partial charge in [-0.3, -0.25) is 4.98 Å². The van der Waals surface area contributed by atoms with E-state index in [1.165, 1.54) is 4.90 Å². The molecule has 1 aromatic carbocycles. The Kier molecular flexibility index (Phi) is 9.19. The summed E-state index contributed by atoms with van der Waals surface area (Å²) in [6.45, 7) is 0.519. The zero-order valence-corrected chi connectivity index (χ0v) is 16.5. The van der Waals surface area contributed by atoms with Crippen molar-refractivity contribution in [1.82, 2.24) is 15.2 Å². The van der Waals surface area contributed by atoms with Crippen LogP contribution in [0.3, 0.4) is 0 Å². The molecule has 0 bridgehead atoms. The predicted octanol–water partition coefficient (Wildman–Crippen LogP) is 3.95. The molecule has 2 rings (SSSR count). The van der Waals surface area contributed by atoms with Gasteiger partial charge in [0.2, 0.25) is 0 Å². The number of nitrogens with one attached hydrogen (secondary N) is 1. The van der Waals surface area contributed by atoms with Crippen LogP contribution in [0.5, 0.6) is 11.5 Å². The molecule has 1 atom stereocenters. The van der Waals surface area contributed by atoms with Crippen LogP contribution in [0.1, 0.15) is 18.0 Å². The van der Waals surface area contributed by atoms with Gasteiger partial charge in [0.1, 0.15) is 11.5 Å². The number of pyridine rings is 1. The highest BCUT2D eigenvalue weighted by molar-refractivity contribution is 6.30. The number of carbonyl (C=O) groups is 1. The zero-order valence-electron chi connectivity index (χ0n) is 14.9. The van der Waals surface area contributed by atoms with Gasteiger partial charge < -0.3 is 19.7 Å². The number of hydrogen-bond acceptors (Lipinski definition) is 5. The predicted molar refractivity (Wildman–Crippen MR) is 105 cm³/mol. The highest BCUT2D eigenvalue weighted by Gasteiger charge is 2.11. The molecule has 0 aliphatic carbocycles. The highest BCUT2D eigenvalue weighted by atomic mass is 35.5. The second kappa shape index (κ2) is 10.9. The maximum absolute atomic E-state index is 11.5. The first kappa shape index (κ1) is 22.0. The van der Waals surface area contributed by atoms with Crippen molar-refractivity contribution < 1.29 is 14.3 Å². The van der Waals surface area contributed by atoms with Gasteiger partial charge in [0.25, 0.3) is 0 Å². The van der Waals surface area contributed by atoms with E-state index in [1.54, 1.807) is 44.7 Å². The van der Waals surface area contributed by atoms with E-state index in [4.69, 9.17) is 21.1 Å². The molecule has 0 saturated carbocycles. The molecular weight excluding hydrogens is 377 g/mol. The third-order valence-corrected chi connectivity index (χ3v) is 3.76. The van der Waals surface area contributed by atoms with Crippen molar-refractivity contribution in [3.63, 3.8) is 0 Å². The lowest BCUT2D eigenvalue weighted by Gasteiger charge is -2.18. The standard InChI is InChI=1S/C18H22ClN3O3.ClH/c1-20-17(8-9-24-16-10-14(19)11-21-12-16)13-4-6-15(7-5-13)25-18(23)22(2)3;/h4-7,10-12,17,20H,8-9H2,1-3H3;1H. The minimum atomic E-state index is -0.401. The summed E-state index contributed by atoms with van der Waals surface area (Å²) in [5.74, 6) is 1.16. The average molecular weight is 400 g/mol. The molecular formula is C18H23Cl2N3O3. The second-order valence-electron chi connectivity index (χ2n) is 5.65. The average Bonchev–Trinajstić information content (AvgIpc) is 2.59. The quantitative estimate of drug-likeness (QED) is 0.763. The van der Waals surface area contributed by atoms with Crippen LogP contribution < -0.4 is 14.8 Å². The van der Waals surface area contributed by atoms with E-state index in [0.29, 0.717) is 23.1 Å². The first-order valence-electron chi connectivity index (χ1n) is 7.89. The Morgan fingerprint density at radius 1 is 1.23 bits per heavy atom. The minimum absolute atomic E-state index is 0. The maximum Gasteiger partial charge on any atom is 0.414 e. The maximum atomic E-state index is 11.5. The smallest absolute Gasteiger partial charge is 0.414 e. The number of ether oxygens (including phenoxy) is 2. The van der Waals surface area contributed by atoms with Crippen LogP contribution >= 0.6 is 24.0 Å².